The van der Waals surface area contributed by atoms with Crippen molar-refractivity contribution in [3.05, 3.63) is 364 Å². The van der Waals surface area contributed by atoms with E-state index in [1.165, 1.54) is 21.9 Å². The molecule has 4 nitrogen and oxygen atoms in total. The van der Waals surface area contributed by atoms with E-state index >= 15 is 0 Å². The number of anilines is 12. The van der Waals surface area contributed by atoms with Crippen LogP contribution in [0.1, 0.15) is 194 Å². The summed E-state index contributed by atoms with van der Waals surface area (Å²) in [6, 6.07) is 147. The first-order valence-electron chi connectivity index (χ1n) is 44.7. The van der Waals surface area contributed by atoms with Gasteiger partial charge in [-0.3, -0.25) is 107 Å². The van der Waals surface area contributed by atoms with Crippen molar-refractivity contribution >= 4 is 161 Å². The Labute approximate surface area is 1360 Å². The molecule has 0 bridgehead atoms. The van der Waals surface area contributed by atoms with E-state index in [4.69, 9.17) is 0 Å². The zero-order chi connectivity index (χ0) is 88.9. The van der Waals surface area contributed by atoms with Gasteiger partial charge in [0.05, 0.1) is 0 Å². The predicted octanol–water partition coefficient (Wildman–Crippen LogP) is 23.7. The van der Waals surface area contributed by atoms with Crippen molar-refractivity contribution in [1.29, 1.82) is 0 Å². The second kappa shape index (κ2) is 119. The second-order valence-electron chi connectivity index (χ2n) is 22.8. The average molecular weight is 3350 g/mol. The van der Waals surface area contributed by atoms with E-state index in [2.05, 4.69) is 250 Å². The van der Waals surface area contributed by atoms with Crippen LogP contribution >= 0.6 is 0 Å². The van der Waals surface area contributed by atoms with E-state index in [9.17, 15) is 0 Å². The molecule has 0 atom stereocenters. The maximum atomic E-state index is 3.59. The molecule has 28 heteroatoms. The van der Waals surface area contributed by atoms with Gasteiger partial charge in [-0.2, -0.15) is 120 Å². The van der Waals surface area contributed by atoms with E-state index in [0.29, 0.717) is 0 Å². The average Bonchev–Trinajstić information content (AvgIpc) is 0.732. The number of para-hydroxylation sites is 8. The molecule has 4 heterocycles. The summed E-state index contributed by atoms with van der Waals surface area (Å²) in [5, 5.41) is 0. The Bertz CT molecular complexity index is 4300. The molecule has 4 aliphatic rings. The van der Waals surface area contributed by atoms with Crippen LogP contribution in [0.15, 0.2) is 267 Å². The molecule has 0 saturated heterocycles. The van der Waals surface area contributed by atoms with Crippen LogP contribution in [0.3, 0.4) is 0 Å². The number of nitrogens with zero attached hydrogens (tertiary/aromatic N) is 4. The van der Waals surface area contributed by atoms with Gasteiger partial charge in [-0.1, -0.05) is 311 Å². The molecule has 0 spiro atoms. The molecule has 0 aromatic heterocycles. The smallest absolute Gasteiger partial charge is 0.105 e. The normalized spacial score (nSPS) is 9.17. The molecule has 0 unspecified atom stereocenters. The van der Waals surface area contributed by atoms with Crippen molar-refractivity contribution in [2.45, 2.75) is 194 Å². The number of fused-ring (bicyclic) bond motifs is 8. The summed E-state index contributed by atoms with van der Waals surface area (Å²) in [5.74, 6) is 0. The van der Waals surface area contributed by atoms with Gasteiger partial charge in [0.25, 0.3) is 0 Å². The minimum atomic E-state index is -0.0861. The van der Waals surface area contributed by atoms with Crippen LogP contribution in [-0.2, 0) is 654 Å². The first kappa shape index (κ1) is 192. The van der Waals surface area contributed by atoms with Crippen LogP contribution in [0.25, 0.3) is 0 Å². The van der Waals surface area contributed by atoms with Crippen molar-refractivity contribution in [2.75, 3.05) is 19.6 Å². The Kier molecular flexibility index (Phi) is 163. The summed E-state index contributed by atoms with van der Waals surface area (Å²) in [6.07, 6.45) is 0. The van der Waals surface area contributed by atoms with E-state index in [-0.39, 0.29) is 681 Å². The van der Waals surface area contributed by atoms with Crippen molar-refractivity contribution in [1.82, 2.24) is 0 Å². The molecule has 4 aliphatic heterocycles. The molecular formula is C112H128B4N4Y20-16. The SMILES string of the molecule is CC.CC.CC.CC.CC.CC.CC.CC.CC.CC.CC.CC.CC.CC.[Y].[Y].[Y].[Y].[Y].[Y].[Y].[Y].[Y].[Y].[Y].[Y].[Y].[Y].[Y].[Y].[Y].[Y].[Y].[Y].[c-]1c[c-]c(B2c3[c-]cc[c-]c3N(c3[c-]cccc3)c3ccccc32)cc1B1c2[c-]cc[c-]c2N(c2[c-]cccc2)c2ccccc21.[c-]1c[c-]c(B2c3[c-]cc[c-]c3N(c3[c-]cccc3)c3ccccc32)cc1B1c2[c-]cc[c-]c2N(c2[c-]cccc2)c2ccccc21. The van der Waals surface area contributed by atoms with Gasteiger partial charge in [0.15, 0.2) is 0 Å². The van der Waals surface area contributed by atoms with Crippen LogP contribution in [-0.4, -0.2) is 26.9 Å². The summed E-state index contributed by atoms with van der Waals surface area (Å²) >= 11 is 0. The van der Waals surface area contributed by atoms with Crippen LogP contribution in [0.2, 0.25) is 0 Å². The topological polar surface area (TPSA) is 13.0 Å². The standard InChI is InChI=1S/2C42H22B2N2.14C2H6.20Y/c2*1-3-18-33(19-4-1)45-39-26-11-7-22-35(39)43(36-23-8-12-27-40(36)45)31-16-15-17-32(30-31)44-37-24-9-13-28-41(37)46(34-20-5-2-6-21-34)42-29-14-10-25-38(42)44;14*1-2;;;;;;;;;;;;;;;;;;;;/h2*1-15,18,20,22,24,26,28,30H;14*1-2H3;;;;;;;;;;;;;;;;;;;;/q2*-8;;;;;;;;;;;;;;;;;;;;;;;;;;;;;;;;;;. The number of rotatable bonds is 8. The van der Waals surface area contributed by atoms with Crippen LogP contribution in [0, 0.1) is 97.1 Å². The van der Waals surface area contributed by atoms with Crippen molar-refractivity contribution in [3.63, 3.8) is 0 Å². The van der Waals surface area contributed by atoms with Gasteiger partial charge in [0, 0.05) is 677 Å². The van der Waals surface area contributed by atoms with Crippen LogP contribution < -0.4 is 85.2 Å². The third kappa shape index (κ3) is 53.2. The molecule has 18 rings (SSSR count). The van der Waals surface area contributed by atoms with Crippen molar-refractivity contribution < 1.29 is 654 Å². The molecule has 20 radical (unpaired) electrons. The van der Waals surface area contributed by atoms with E-state index in [1.807, 2.05) is 327 Å². The second-order valence-corrected chi connectivity index (χ2v) is 22.8. The molecular weight excluding hydrogens is 3220 g/mol. The first-order chi connectivity index (χ1) is 59.7. The van der Waals surface area contributed by atoms with E-state index in [1.54, 1.807) is 0 Å². The monoisotopic (exact) mass is 3350 g/mol. The fourth-order valence-electron chi connectivity index (χ4n) is 14.0. The van der Waals surface area contributed by atoms with Gasteiger partial charge < -0.3 is 102 Å². The van der Waals surface area contributed by atoms with Gasteiger partial charge in [-0.05, 0) is 24.3 Å². The van der Waals surface area contributed by atoms with Gasteiger partial charge in [-0.25, -0.2) is 0 Å². The third-order valence-electron chi connectivity index (χ3n) is 17.7. The Hall–Kier alpha value is 10.6. The maximum Gasteiger partial charge on any atom is 0.105 e. The first-order valence-corrected chi connectivity index (χ1v) is 44.7. The van der Waals surface area contributed by atoms with Crippen molar-refractivity contribution in [2.24, 2.45) is 0 Å². The maximum absolute atomic E-state index is 3.59. The zero-order valence-corrected chi connectivity index (χ0v) is 146. The summed E-state index contributed by atoms with van der Waals surface area (Å²) < 4.78 is 0. The third-order valence-corrected chi connectivity index (χ3v) is 17.7. The summed E-state index contributed by atoms with van der Waals surface area (Å²) in [6.45, 7) is 55.7. The van der Waals surface area contributed by atoms with Crippen LogP contribution in [0.4, 0.5) is 68.2 Å². The summed E-state index contributed by atoms with van der Waals surface area (Å²) in [5.41, 5.74) is 25.4. The van der Waals surface area contributed by atoms with Crippen molar-refractivity contribution in [3.8, 4) is 0 Å². The zero-order valence-electron chi connectivity index (χ0n) is 89.0. The Morgan fingerprint density at radius 1 is 0.157 bits per heavy atom. The molecule has 14 aromatic carbocycles. The van der Waals surface area contributed by atoms with Gasteiger partial charge in [0.1, 0.15) is 26.9 Å². The van der Waals surface area contributed by atoms with Gasteiger partial charge in [0.2, 0.25) is 0 Å². The quantitative estimate of drug-likeness (QED) is 0.111. The molecule has 0 N–H and O–H groups in total. The van der Waals surface area contributed by atoms with Crippen LogP contribution in [0.5, 0.6) is 0 Å². The largest absolute Gasteiger partial charge is 0.412 e. The fraction of sp³-hybridized carbons (Fsp3) is 0.250. The number of hydrogen-bond acceptors (Lipinski definition) is 4. The molecule has 0 fully saturated rings. The minimum Gasteiger partial charge on any atom is -0.412 e. The molecule has 684 valence electrons. The Balaban J connectivity index is -0.0000000953. The summed E-state index contributed by atoms with van der Waals surface area (Å²) in [7, 11) is 0. The summed E-state index contributed by atoms with van der Waals surface area (Å²) in [4.78, 5) is 8.95. The predicted molar refractivity (Wildman–Crippen MR) is 536 cm³/mol. The molecule has 0 saturated carbocycles. The molecule has 140 heavy (non-hydrogen) atoms. The molecule has 14 aromatic rings. The van der Waals surface area contributed by atoms with E-state index in [0.717, 1.165) is 112 Å². The van der Waals surface area contributed by atoms with E-state index < -0.39 is 0 Å². The minimum absolute atomic E-state index is 0. The van der Waals surface area contributed by atoms with Gasteiger partial charge >= 0.3 is 0 Å². The molecule has 0 amide bonds. The number of hydrogen-bond donors (Lipinski definition) is 0. The fourth-order valence-corrected chi connectivity index (χ4v) is 14.0. The Morgan fingerprint density at radius 2 is 0.307 bits per heavy atom. The molecule has 0 aliphatic carbocycles. The Morgan fingerprint density at radius 3 is 0.464 bits per heavy atom. The van der Waals surface area contributed by atoms with Gasteiger partial charge in [-0.15, -0.1) is 24.3 Å². The number of benzene rings is 14.